The third-order valence-corrected chi connectivity index (χ3v) is 1.51. The summed E-state index contributed by atoms with van der Waals surface area (Å²) in [5, 5.41) is 8.53. The summed E-state index contributed by atoms with van der Waals surface area (Å²) in [5.41, 5.74) is 4.17. The van der Waals surface area contributed by atoms with Crippen molar-refractivity contribution in [3.05, 3.63) is 17.3 Å². The third kappa shape index (κ3) is 2.60. The van der Waals surface area contributed by atoms with Gasteiger partial charge in [0, 0.05) is 6.07 Å². The van der Waals surface area contributed by atoms with E-state index >= 15 is 0 Å². The summed E-state index contributed by atoms with van der Waals surface area (Å²) in [7, 11) is 0. The van der Waals surface area contributed by atoms with Crippen molar-refractivity contribution in [3.8, 4) is 11.9 Å². The second kappa shape index (κ2) is 4.06. The van der Waals surface area contributed by atoms with Crippen LogP contribution in [0.1, 0.15) is 16.1 Å². The maximum absolute atomic E-state index is 11.8. The third-order valence-electron chi connectivity index (χ3n) is 1.51. The van der Waals surface area contributed by atoms with Crippen molar-refractivity contribution < 1.29 is 22.7 Å². The van der Waals surface area contributed by atoms with Gasteiger partial charge in [-0.05, 0) is 0 Å². The van der Waals surface area contributed by atoms with Crippen molar-refractivity contribution in [2.75, 3.05) is 5.73 Å². The molecule has 1 heterocycles. The zero-order valence-electron chi connectivity index (χ0n) is 7.58. The van der Waals surface area contributed by atoms with Gasteiger partial charge in [0.15, 0.2) is 12.0 Å². The van der Waals surface area contributed by atoms with E-state index in [1.165, 1.54) is 6.07 Å². The van der Waals surface area contributed by atoms with E-state index in [1.54, 1.807) is 0 Å². The Labute approximate surface area is 87.3 Å². The van der Waals surface area contributed by atoms with Crippen LogP contribution in [0.15, 0.2) is 6.07 Å². The minimum absolute atomic E-state index is 0.234. The maximum Gasteiger partial charge on any atom is 0.574 e. The first kappa shape index (κ1) is 11.8. The van der Waals surface area contributed by atoms with Gasteiger partial charge in [0.1, 0.15) is 6.07 Å². The molecule has 0 radical (unpaired) electrons. The van der Waals surface area contributed by atoms with E-state index in [-0.39, 0.29) is 17.5 Å². The van der Waals surface area contributed by atoms with Crippen molar-refractivity contribution in [3.63, 3.8) is 0 Å². The van der Waals surface area contributed by atoms with Crippen molar-refractivity contribution in [1.82, 2.24) is 4.98 Å². The maximum atomic E-state index is 11.8. The largest absolute Gasteiger partial charge is 0.574 e. The molecule has 0 spiro atoms. The highest BCUT2D eigenvalue weighted by atomic mass is 19.4. The van der Waals surface area contributed by atoms with Gasteiger partial charge >= 0.3 is 6.36 Å². The van der Waals surface area contributed by atoms with E-state index in [4.69, 9.17) is 11.0 Å². The molecule has 0 amide bonds. The van der Waals surface area contributed by atoms with E-state index in [0.717, 1.165) is 6.07 Å². The van der Waals surface area contributed by atoms with E-state index in [9.17, 15) is 18.0 Å². The molecular formula is C8H4F3N3O2. The van der Waals surface area contributed by atoms with Gasteiger partial charge in [-0.25, -0.2) is 4.98 Å². The summed E-state index contributed by atoms with van der Waals surface area (Å²) >= 11 is 0. The van der Waals surface area contributed by atoms with Crippen molar-refractivity contribution in [1.29, 1.82) is 5.26 Å². The van der Waals surface area contributed by atoms with E-state index in [0.29, 0.717) is 0 Å². The van der Waals surface area contributed by atoms with Gasteiger partial charge in [0.2, 0.25) is 5.88 Å². The number of nitrogens with zero attached hydrogens (tertiary/aromatic N) is 2. The molecule has 16 heavy (non-hydrogen) atoms. The molecule has 0 aromatic carbocycles. The second-order valence-corrected chi connectivity index (χ2v) is 2.59. The summed E-state index contributed by atoms with van der Waals surface area (Å²) < 4.78 is 39.0. The van der Waals surface area contributed by atoms with Gasteiger partial charge in [-0.1, -0.05) is 0 Å². The van der Waals surface area contributed by atoms with E-state index < -0.39 is 17.9 Å². The number of alkyl halides is 3. The molecule has 0 saturated heterocycles. The quantitative estimate of drug-likeness (QED) is 0.773. The van der Waals surface area contributed by atoms with Crippen LogP contribution in [0.25, 0.3) is 0 Å². The first-order valence-corrected chi connectivity index (χ1v) is 3.79. The predicted octanol–water partition coefficient (Wildman–Crippen LogP) is 1.25. The van der Waals surface area contributed by atoms with E-state index in [2.05, 4.69) is 9.72 Å². The number of aldehydes is 1. The normalized spacial score (nSPS) is 10.6. The Hall–Kier alpha value is -2.30. The number of carbonyl (C=O) groups is 1. The number of anilines is 1. The number of pyridine rings is 1. The molecule has 0 fully saturated rings. The highest BCUT2D eigenvalue weighted by Gasteiger charge is 2.32. The lowest BCUT2D eigenvalue weighted by molar-refractivity contribution is -0.276. The summed E-state index contributed by atoms with van der Waals surface area (Å²) in [4.78, 5) is 13.7. The van der Waals surface area contributed by atoms with Gasteiger partial charge in [-0.3, -0.25) is 4.79 Å². The van der Waals surface area contributed by atoms with Gasteiger partial charge in [0.25, 0.3) is 0 Å². The Morgan fingerprint density at radius 1 is 1.56 bits per heavy atom. The molecule has 1 aromatic rings. The number of hydrogen-bond donors (Lipinski definition) is 1. The molecule has 1 aromatic heterocycles. The average Bonchev–Trinajstić information content (AvgIpc) is 2.14. The number of rotatable bonds is 2. The summed E-state index contributed by atoms with van der Waals surface area (Å²) in [5.74, 6) is -0.882. The fraction of sp³-hybridized carbons (Fsp3) is 0.125. The average molecular weight is 231 g/mol. The molecule has 0 aliphatic heterocycles. The molecule has 0 unspecified atom stereocenters. The number of nitriles is 1. The Balaban J connectivity index is 3.22. The minimum atomic E-state index is -4.94. The highest BCUT2D eigenvalue weighted by Crippen LogP contribution is 2.25. The number of nitrogen functional groups attached to an aromatic ring is 1. The Bertz CT molecular complexity index is 465. The van der Waals surface area contributed by atoms with Crippen molar-refractivity contribution >= 4 is 12.0 Å². The molecule has 0 atom stereocenters. The van der Waals surface area contributed by atoms with Gasteiger partial charge in [-0.15, -0.1) is 13.2 Å². The number of ether oxygens (including phenoxy) is 1. The number of aromatic nitrogens is 1. The molecule has 8 heteroatoms. The number of carbonyl (C=O) groups excluding carboxylic acids is 1. The molecule has 0 aliphatic carbocycles. The lowest BCUT2D eigenvalue weighted by Crippen LogP contribution is -2.18. The Morgan fingerprint density at radius 3 is 2.62 bits per heavy atom. The lowest BCUT2D eigenvalue weighted by atomic mass is 10.2. The zero-order chi connectivity index (χ0) is 12.3. The van der Waals surface area contributed by atoms with Crippen LogP contribution in [0.3, 0.4) is 0 Å². The first-order chi connectivity index (χ1) is 7.37. The van der Waals surface area contributed by atoms with Crippen LogP contribution in [0, 0.1) is 11.3 Å². The number of nitrogens with two attached hydrogens (primary N) is 1. The first-order valence-electron chi connectivity index (χ1n) is 3.79. The van der Waals surface area contributed by atoms with Crippen LogP contribution in [0.2, 0.25) is 0 Å². The molecule has 2 N–H and O–H groups in total. The number of hydrogen-bond acceptors (Lipinski definition) is 5. The minimum Gasteiger partial charge on any atom is -0.398 e. The van der Waals surface area contributed by atoms with Crippen LogP contribution >= 0.6 is 0 Å². The summed E-state index contributed by atoms with van der Waals surface area (Å²) in [6.45, 7) is 0. The highest BCUT2D eigenvalue weighted by molar-refractivity contribution is 5.86. The number of halogens is 3. The van der Waals surface area contributed by atoms with E-state index in [1.807, 2.05) is 0 Å². The van der Waals surface area contributed by atoms with Gasteiger partial charge in [-0.2, -0.15) is 5.26 Å². The van der Waals surface area contributed by atoms with Crippen LogP contribution < -0.4 is 10.5 Å². The molecule has 0 saturated carbocycles. The molecule has 1 rings (SSSR count). The Morgan fingerprint density at radius 2 is 2.19 bits per heavy atom. The van der Waals surface area contributed by atoms with Crippen LogP contribution in [-0.4, -0.2) is 17.6 Å². The van der Waals surface area contributed by atoms with Gasteiger partial charge in [0.05, 0.1) is 11.3 Å². The molecule has 84 valence electrons. The SMILES string of the molecule is N#Cc1nc(OC(F)(F)F)cc(N)c1C=O. The van der Waals surface area contributed by atoms with Crippen LogP contribution in [0.5, 0.6) is 5.88 Å². The molecule has 5 nitrogen and oxygen atoms in total. The Kier molecular flexibility index (Phi) is 2.99. The summed E-state index contributed by atoms with van der Waals surface area (Å²) in [6, 6.07) is 2.16. The zero-order valence-corrected chi connectivity index (χ0v) is 7.58. The molecule has 0 aliphatic rings. The predicted molar refractivity (Wildman–Crippen MR) is 45.4 cm³/mol. The van der Waals surface area contributed by atoms with Crippen LogP contribution in [0.4, 0.5) is 18.9 Å². The van der Waals surface area contributed by atoms with Crippen molar-refractivity contribution in [2.45, 2.75) is 6.36 Å². The molecule has 0 bridgehead atoms. The standard InChI is InChI=1S/C8H4F3N3O2/c9-8(10,11)16-7-1-5(13)4(3-15)6(2-12)14-7/h1,3H,(H2,13,14). The van der Waals surface area contributed by atoms with Crippen LogP contribution in [-0.2, 0) is 0 Å². The molecular weight excluding hydrogens is 227 g/mol. The fourth-order valence-electron chi connectivity index (χ4n) is 0.930. The van der Waals surface area contributed by atoms with Crippen molar-refractivity contribution in [2.24, 2.45) is 0 Å². The fourth-order valence-corrected chi connectivity index (χ4v) is 0.930. The lowest BCUT2D eigenvalue weighted by Gasteiger charge is -2.09. The topological polar surface area (TPSA) is 89.0 Å². The smallest absolute Gasteiger partial charge is 0.398 e. The summed E-state index contributed by atoms with van der Waals surface area (Å²) in [6.07, 6.45) is -4.70. The second-order valence-electron chi connectivity index (χ2n) is 2.59. The monoisotopic (exact) mass is 231 g/mol. The van der Waals surface area contributed by atoms with Gasteiger partial charge < -0.3 is 10.5 Å².